The van der Waals surface area contributed by atoms with Crippen molar-refractivity contribution in [3.8, 4) is 0 Å². The number of carboxylic acid groups (broad SMARTS) is 1. The Morgan fingerprint density at radius 1 is 1.05 bits per heavy atom. The maximum absolute atomic E-state index is 11.6. The van der Waals surface area contributed by atoms with Crippen LogP contribution in [0.4, 0.5) is 5.69 Å². The van der Waals surface area contributed by atoms with Crippen molar-refractivity contribution in [2.75, 3.05) is 19.0 Å². The average molecular weight is 281 g/mol. The van der Waals surface area contributed by atoms with Gasteiger partial charge in [0, 0.05) is 19.8 Å². The average Bonchev–Trinajstić information content (AvgIpc) is 2.46. The molecule has 0 saturated carbocycles. The van der Waals surface area contributed by atoms with E-state index in [1.807, 2.05) is 74.4 Å². The SMILES string of the molecule is Cc1ccccc1/C(=C\c1ccc(N(C)C)cc1)C(=O)O. The van der Waals surface area contributed by atoms with Gasteiger partial charge in [0.05, 0.1) is 5.57 Å². The van der Waals surface area contributed by atoms with Gasteiger partial charge in [0.15, 0.2) is 0 Å². The van der Waals surface area contributed by atoms with E-state index in [2.05, 4.69) is 0 Å². The summed E-state index contributed by atoms with van der Waals surface area (Å²) in [5, 5.41) is 9.48. The molecule has 2 aromatic carbocycles. The van der Waals surface area contributed by atoms with Crippen LogP contribution in [0.1, 0.15) is 16.7 Å². The highest BCUT2D eigenvalue weighted by Crippen LogP contribution is 2.23. The topological polar surface area (TPSA) is 40.5 Å². The minimum atomic E-state index is -0.916. The van der Waals surface area contributed by atoms with Crippen LogP contribution in [-0.4, -0.2) is 25.2 Å². The molecule has 0 aliphatic rings. The maximum Gasteiger partial charge on any atom is 0.336 e. The Labute approximate surface area is 125 Å². The third kappa shape index (κ3) is 3.51. The van der Waals surface area contributed by atoms with Gasteiger partial charge in [-0.2, -0.15) is 0 Å². The summed E-state index contributed by atoms with van der Waals surface area (Å²) in [5.74, 6) is -0.916. The molecule has 0 fully saturated rings. The Morgan fingerprint density at radius 3 is 2.19 bits per heavy atom. The van der Waals surface area contributed by atoms with Gasteiger partial charge in [-0.15, -0.1) is 0 Å². The van der Waals surface area contributed by atoms with Crippen molar-refractivity contribution in [1.82, 2.24) is 0 Å². The second-order valence-electron chi connectivity index (χ2n) is 5.16. The maximum atomic E-state index is 11.6. The zero-order valence-corrected chi connectivity index (χ0v) is 12.5. The summed E-state index contributed by atoms with van der Waals surface area (Å²) in [5.41, 5.74) is 3.98. The molecule has 0 radical (unpaired) electrons. The van der Waals surface area contributed by atoms with Crippen molar-refractivity contribution < 1.29 is 9.90 Å². The third-order valence-corrected chi connectivity index (χ3v) is 3.39. The Hall–Kier alpha value is -2.55. The summed E-state index contributed by atoms with van der Waals surface area (Å²) in [6.07, 6.45) is 1.71. The van der Waals surface area contributed by atoms with E-state index in [1.165, 1.54) is 0 Å². The van der Waals surface area contributed by atoms with Gasteiger partial charge in [0.1, 0.15) is 0 Å². The van der Waals surface area contributed by atoms with Crippen molar-refractivity contribution in [1.29, 1.82) is 0 Å². The number of benzene rings is 2. The molecule has 0 saturated heterocycles. The monoisotopic (exact) mass is 281 g/mol. The summed E-state index contributed by atoms with van der Waals surface area (Å²) in [4.78, 5) is 13.6. The summed E-state index contributed by atoms with van der Waals surface area (Å²) >= 11 is 0. The van der Waals surface area contributed by atoms with Crippen LogP contribution < -0.4 is 4.90 Å². The highest BCUT2D eigenvalue weighted by molar-refractivity contribution is 6.21. The Kier molecular flexibility index (Phi) is 4.43. The van der Waals surface area contributed by atoms with E-state index in [0.29, 0.717) is 5.57 Å². The molecule has 2 rings (SSSR count). The molecule has 1 N–H and O–H groups in total. The van der Waals surface area contributed by atoms with E-state index in [4.69, 9.17) is 0 Å². The molecule has 0 aliphatic carbocycles. The lowest BCUT2D eigenvalue weighted by Crippen LogP contribution is -2.08. The van der Waals surface area contributed by atoms with E-state index < -0.39 is 5.97 Å². The van der Waals surface area contributed by atoms with Crippen LogP contribution in [0, 0.1) is 6.92 Å². The summed E-state index contributed by atoms with van der Waals surface area (Å²) < 4.78 is 0. The summed E-state index contributed by atoms with van der Waals surface area (Å²) in [6.45, 7) is 1.92. The lowest BCUT2D eigenvalue weighted by molar-refractivity contribution is -0.130. The zero-order chi connectivity index (χ0) is 15.4. The van der Waals surface area contributed by atoms with Gasteiger partial charge in [-0.25, -0.2) is 4.79 Å². The highest BCUT2D eigenvalue weighted by atomic mass is 16.4. The Morgan fingerprint density at radius 2 is 1.67 bits per heavy atom. The molecule has 3 heteroatoms. The van der Waals surface area contributed by atoms with Crippen molar-refractivity contribution in [2.24, 2.45) is 0 Å². The molecule has 0 spiro atoms. The fraction of sp³-hybridized carbons (Fsp3) is 0.167. The van der Waals surface area contributed by atoms with Crippen LogP contribution in [0.15, 0.2) is 48.5 Å². The second-order valence-corrected chi connectivity index (χ2v) is 5.16. The van der Waals surface area contributed by atoms with Gasteiger partial charge >= 0.3 is 5.97 Å². The minimum Gasteiger partial charge on any atom is -0.478 e. The number of anilines is 1. The fourth-order valence-electron chi connectivity index (χ4n) is 2.17. The van der Waals surface area contributed by atoms with Gasteiger partial charge in [0.25, 0.3) is 0 Å². The number of nitrogens with zero attached hydrogens (tertiary/aromatic N) is 1. The van der Waals surface area contributed by atoms with Crippen molar-refractivity contribution in [2.45, 2.75) is 6.92 Å². The minimum absolute atomic E-state index is 0.311. The lowest BCUT2D eigenvalue weighted by atomic mass is 9.98. The summed E-state index contributed by atoms with van der Waals surface area (Å²) in [6, 6.07) is 15.3. The van der Waals surface area contributed by atoms with Gasteiger partial charge in [-0.1, -0.05) is 36.4 Å². The largest absolute Gasteiger partial charge is 0.478 e. The number of aryl methyl sites for hydroxylation is 1. The van der Waals surface area contributed by atoms with Crippen molar-refractivity contribution in [3.63, 3.8) is 0 Å². The summed E-state index contributed by atoms with van der Waals surface area (Å²) in [7, 11) is 3.95. The van der Waals surface area contributed by atoms with Crippen LogP contribution in [0.2, 0.25) is 0 Å². The van der Waals surface area contributed by atoms with E-state index in [0.717, 1.165) is 22.4 Å². The van der Waals surface area contributed by atoms with E-state index in [-0.39, 0.29) is 0 Å². The van der Waals surface area contributed by atoms with Gasteiger partial charge < -0.3 is 10.0 Å². The molecule has 2 aromatic rings. The van der Waals surface area contributed by atoms with Crippen LogP contribution >= 0.6 is 0 Å². The van der Waals surface area contributed by atoms with Crippen LogP contribution in [0.25, 0.3) is 11.6 Å². The molecule has 108 valence electrons. The first-order valence-corrected chi connectivity index (χ1v) is 6.77. The molecular formula is C18H19NO2. The van der Waals surface area contributed by atoms with Crippen LogP contribution in [-0.2, 0) is 4.79 Å². The van der Waals surface area contributed by atoms with Crippen LogP contribution in [0.3, 0.4) is 0 Å². The smallest absolute Gasteiger partial charge is 0.336 e. The molecule has 0 atom stereocenters. The molecular weight excluding hydrogens is 262 g/mol. The second kappa shape index (κ2) is 6.27. The molecule has 21 heavy (non-hydrogen) atoms. The first-order valence-electron chi connectivity index (χ1n) is 6.77. The molecule has 3 nitrogen and oxygen atoms in total. The van der Waals surface area contributed by atoms with Crippen molar-refractivity contribution >= 4 is 23.3 Å². The number of hydrogen-bond donors (Lipinski definition) is 1. The standard InChI is InChI=1S/C18H19NO2/c1-13-6-4-5-7-16(13)17(18(20)21)12-14-8-10-15(11-9-14)19(2)3/h4-12H,1-3H3,(H,20,21)/b17-12+. The molecule has 0 aromatic heterocycles. The van der Waals surface area contributed by atoms with Gasteiger partial charge in [-0.05, 0) is 41.8 Å². The zero-order valence-electron chi connectivity index (χ0n) is 12.5. The molecule has 0 amide bonds. The third-order valence-electron chi connectivity index (χ3n) is 3.39. The normalized spacial score (nSPS) is 11.3. The molecule has 0 bridgehead atoms. The van der Waals surface area contributed by atoms with E-state index in [9.17, 15) is 9.90 Å². The molecule has 0 unspecified atom stereocenters. The lowest BCUT2D eigenvalue weighted by Gasteiger charge is -2.12. The van der Waals surface area contributed by atoms with Crippen LogP contribution in [0.5, 0.6) is 0 Å². The predicted molar refractivity (Wildman–Crippen MR) is 87.5 cm³/mol. The first kappa shape index (κ1) is 14.9. The quantitative estimate of drug-likeness (QED) is 0.686. The molecule has 0 aliphatic heterocycles. The van der Waals surface area contributed by atoms with E-state index in [1.54, 1.807) is 6.08 Å². The number of carboxylic acids is 1. The van der Waals surface area contributed by atoms with Crippen molar-refractivity contribution in [3.05, 3.63) is 65.2 Å². The van der Waals surface area contributed by atoms with Gasteiger partial charge in [0.2, 0.25) is 0 Å². The number of rotatable bonds is 4. The highest BCUT2D eigenvalue weighted by Gasteiger charge is 2.12. The Bertz CT molecular complexity index is 670. The number of carbonyl (C=O) groups is 1. The van der Waals surface area contributed by atoms with Gasteiger partial charge in [-0.3, -0.25) is 0 Å². The predicted octanol–water partition coefficient (Wildman–Crippen LogP) is 3.69. The number of aliphatic carboxylic acids is 1. The molecule has 0 heterocycles. The fourth-order valence-corrected chi connectivity index (χ4v) is 2.17. The first-order chi connectivity index (χ1) is 9.99. The number of hydrogen-bond acceptors (Lipinski definition) is 2. The Balaban J connectivity index is 2.43. The van der Waals surface area contributed by atoms with E-state index >= 15 is 0 Å².